The summed E-state index contributed by atoms with van der Waals surface area (Å²) in [6.07, 6.45) is 0. The van der Waals surface area contributed by atoms with E-state index in [1.165, 1.54) is 11.6 Å². The summed E-state index contributed by atoms with van der Waals surface area (Å²) >= 11 is 3.28. The summed E-state index contributed by atoms with van der Waals surface area (Å²) in [6.45, 7) is 1.37. The van der Waals surface area contributed by atoms with Crippen LogP contribution >= 0.6 is 15.9 Å². The van der Waals surface area contributed by atoms with Crippen molar-refractivity contribution in [2.24, 2.45) is 0 Å². The molecule has 0 fully saturated rings. The molecule has 2 aromatic rings. The summed E-state index contributed by atoms with van der Waals surface area (Å²) in [4.78, 5) is 2.13. The number of halogens is 2. The molecule has 0 aromatic heterocycles. The molecule has 4 heteroatoms. The molecule has 112 valence electrons. The van der Waals surface area contributed by atoms with E-state index < -0.39 is 0 Å². The van der Waals surface area contributed by atoms with Crippen molar-refractivity contribution in [3.05, 3.63) is 69.9 Å². The Kier molecular flexibility index (Phi) is 5.91. The number of likely N-dealkylation sites (N-methyl/N-ethyl adjacent to an activating group) is 1. The molecule has 0 aliphatic carbocycles. The molecule has 0 heterocycles. The van der Waals surface area contributed by atoms with Gasteiger partial charge in [0.2, 0.25) is 0 Å². The number of nitrogens with one attached hydrogen (secondary N) is 1. The quantitative estimate of drug-likeness (QED) is 0.847. The van der Waals surface area contributed by atoms with Crippen molar-refractivity contribution in [1.82, 2.24) is 10.2 Å². The highest BCUT2D eigenvalue weighted by atomic mass is 79.9. The van der Waals surface area contributed by atoms with Gasteiger partial charge in [-0.15, -0.1) is 0 Å². The molecule has 2 nitrogen and oxygen atoms in total. The second-order valence-corrected chi connectivity index (χ2v) is 6.26. The zero-order valence-electron chi connectivity index (χ0n) is 12.3. The van der Waals surface area contributed by atoms with E-state index in [1.54, 1.807) is 0 Å². The van der Waals surface area contributed by atoms with E-state index in [1.807, 2.05) is 44.4 Å². The highest BCUT2D eigenvalue weighted by molar-refractivity contribution is 9.10. The molecule has 0 saturated carbocycles. The minimum Gasteiger partial charge on any atom is -0.308 e. The Morgan fingerprint density at radius 1 is 1.14 bits per heavy atom. The molecule has 0 saturated heterocycles. The highest BCUT2D eigenvalue weighted by Gasteiger charge is 2.13. The van der Waals surface area contributed by atoms with Crippen molar-refractivity contribution in [2.45, 2.75) is 12.6 Å². The van der Waals surface area contributed by atoms with Gasteiger partial charge in [-0.2, -0.15) is 0 Å². The third kappa shape index (κ3) is 4.92. The van der Waals surface area contributed by atoms with Crippen molar-refractivity contribution in [2.75, 3.05) is 20.6 Å². The largest absolute Gasteiger partial charge is 0.308 e. The molecule has 0 amide bonds. The molecule has 1 atom stereocenters. The van der Waals surface area contributed by atoms with E-state index in [-0.39, 0.29) is 11.9 Å². The fourth-order valence-electron chi connectivity index (χ4n) is 2.24. The summed E-state index contributed by atoms with van der Waals surface area (Å²) in [6, 6.07) is 15.6. The van der Waals surface area contributed by atoms with Crippen LogP contribution in [0.1, 0.15) is 17.2 Å². The molecule has 0 aliphatic rings. The fourth-order valence-corrected chi connectivity index (χ4v) is 2.57. The van der Waals surface area contributed by atoms with Crippen LogP contribution in [0.3, 0.4) is 0 Å². The topological polar surface area (TPSA) is 15.3 Å². The standard InChI is InChI=1S/C17H20BrFN2/c1-21(2)12-17(13-6-4-3-5-7-13)20-11-14-8-9-15(18)10-16(14)19/h3-10,17,20H,11-12H2,1-2H3. The minimum absolute atomic E-state index is 0.171. The average molecular weight is 351 g/mol. The van der Waals surface area contributed by atoms with Crippen LogP contribution in [0.4, 0.5) is 4.39 Å². The second kappa shape index (κ2) is 7.69. The molecule has 0 radical (unpaired) electrons. The first-order valence-electron chi connectivity index (χ1n) is 6.93. The molecule has 1 unspecified atom stereocenters. The van der Waals surface area contributed by atoms with Gasteiger partial charge in [0.15, 0.2) is 0 Å². The zero-order valence-corrected chi connectivity index (χ0v) is 13.9. The summed E-state index contributed by atoms with van der Waals surface area (Å²) in [7, 11) is 4.08. The van der Waals surface area contributed by atoms with Gasteiger partial charge in [-0.05, 0) is 31.8 Å². The van der Waals surface area contributed by atoms with Crippen LogP contribution in [0.25, 0.3) is 0 Å². The maximum absolute atomic E-state index is 13.9. The van der Waals surface area contributed by atoms with Gasteiger partial charge in [0.1, 0.15) is 5.82 Å². The SMILES string of the molecule is CN(C)CC(NCc1ccc(Br)cc1F)c1ccccc1. The van der Waals surface area contributed by atoms with Crippen LogP contribution in [-0.4, -0.2) is 25.5 Å². The summed E-state index contributed by atoms with van der Waals surface area (Å²) < 4.78 is 14.6. The first-order chi connectivity index (χ1) is 10.1. The predicted molar refractivity (Wildman–Crippen MR) is 88.7 cm³/mol. The lowest BCUT2D eigenvalue weighted by Gasteiger charge is -2.23. The Labute approximate surface area is 134 Å². The van der Waals surface area contributed by atoms with Gasteiger partial charge in [-0.1, -0.05) is 52.3 Å². The van der Waals surface area contributed by atoms with E-state index in [4.69, 9.17) is 0 Å². The average Bonchev–Trinajstić information content (AvgIpc) is 2.45. The normalized spacial score (nSPS) is 12.6. The monoisotopic (exact) mass is 350 g/mol. The first-order valence-corrected chi connectivity index (χ1v) is 7.72. The lowest BCUT2D eigenvalue weighted by atomic mass is 10.1. The zero-order chi connectivity index (χ0) is 15.2. The van der Waals surface area contributed by atoms with Gasteiger partial charge in [-0.25, -0.2) is 4.39 Å². The minimum atomic E-state index is -0.187. The van der Waals surface area contributed by atoms with E-state index in [9.17, 15) is 4.39 Å². The van der Waals surface area contributed by atoms with E-state index >= 15 is 0 Å². The maximum Gasteiger partial charge on any atom is 0.128 e. The van der Waals surface area contributed by atoms with Crippen LogP contribution in [0, 0.1) is 5.82 Å². The summed E-state index contributed by atoms with van der Waals surface area (Å²) in [5.41, 5.74) is 1.89. The van der Waals surface area contributed by atoms with Crippen LogP contribution in [0.2, 0.25) is 0 Å². The molecule has 2 rings (SSSR count). The van der Waals surface area contributed by atoms with E-state index in [0.29, 0.717) is 12.1 Å². The van der Waals surface area contributed by atoms with Crippen molar-refractivity contribution >= 4 is 15.9 Å². The number of rotatable bonds is 6. The highest BCUT2D eigenvalue weighted by Crippen LogP contribution is 2.18. The number of nitrogens with zero attached hydrogens (tertiary/aromatic N) is 1. The third-order valence-electron chi connectivity index (χ3n) is 3.30. The van der Waals surface area contributed by atoms with Gasteiger partial charge >= 0.3 is 0 Å². The lowest BCUT2D eigenvalue weighted by molar-refractivity contribution is 0.339. The van der Waals surface area contributed by atoms with Crippen molar-refractivity contribution in [3.63, 3.8) is 0 Å². The molecular formula is C17H20BrFN2. The molecule has 0 aliphatic heterocycles. The Bertz CT molecular complexity index is 572. The van der Waals surface area contributed by atoms with Crippen molar-refractivity contribution in [3.8, 4) is 0 Å². The number of hydrogen-bond donors (Lipinski definition) is 1. The Morgan fingerprint density at radius 2 is 1.86 bits per heavy atom. The maximum atomic E-state index is 13.9. The summed E-state index contributed by atoms with van der Waals surface area (Å²) in [5, 5.41) is 3.45. The molecule has 1 N–H and O–H groups in total. The molecule has 0 bridgehead atoms. The van der Waals surface area contributed by atoms with E-state index in [2.05, 4.69) is 38.3 Å². The van der Waals surface area contributed by atoms with Gasteiger partial charge in [0.05, 0.1) is 0 Å². The van der Waals surface area contributed by atoms with Crippen LogP contribution < -0.4 is 5.32 Å². The Balaban J connectivity index is 2.09. The van der Waals surface area contributed by atoms with Crippen molar-refractivity contribution < 1.29 is 4.39 Å². The van der Waals surface area contributed by atoms with Crippen molar-refractivity contribution in [1.29, 1.82) is 0 Å². The van der Waals surface area contributed by atoms with Gasteiger partial charge in [0, 0.05) is 29.2 Å². The number of benzene rings is 2. The second-order valence-electron chi connectivity index (χ2n) is 5.34. The fraction of sp³-hybridized carbons (Fsp3) is 0.294. The van der Waals surface area contributed by atoms with E-state index in [0.717, 1.165) is 11.0 Å². The molecular weight excluding hydrogens is 331 g/mol. The van der Waals surface area contributed by atoms with Gasteiger partial charge < -0.3 is 10.2 Å². The summed E-state index contributed by atoms with van der Waals surface area (Å²) in [5.74, 6) is -0.187. The Morgan fingerprint density at radius 3 is 2.48 bits per heavy atom. The van der Waals surface area contributed by atoms with Gasteiger partial charge in [-0.3, -0.25) is 0 Å². The molecule has 0 spiro atoms. The molecule has 21 heavy (non-hydrogen) atoms. The predicted octanol–water partition coefficient (Wildman–Crippen LogP) is 3.98. The van der Waals surface area contributed by atoms with Gasteiger partial charge in [0.25, 0.3) is 0 Å². The third-order valence-corrected chi connectivity index (χ3v) is 3.80. The van der Waals surface area contributed by atoms with Crippen LogP contribution in [0.15, 0.2) is 53.0 Å². The lowest BCUT2D eigenvalue weighted by Crippen LogP contribution is -2.31. The van der Waals surface area contributed by atoms with Crippen LogP contribution in [-0.2, 0) is 6.54 Å². The smallest absolute Gasteiger partial charge is 0.128 e. The first kappa shape index (κ1) is 16.1. The number of hydrogen-bond acceptors (Lipinski definition) is 2. The molecule has 2 aromatic carbocycles. The van der Waals surface area contributed by atoms with Crippen LogP contribution in [0.5, 0.6) is 0 Å². The Hall–Kier alpha value is -1.23.